The van der Waals surface area contributed by atoms with Crippen molar-refractivity contribution >= 4 is 17.5 Å². The molecule has 2 amide bonds. The Morgan fingerprint density at radius 3 is 2.28 bits per heavy atom. The lowest BCUT2D eigenvalue weighted by molar-refractivity contribution is -0.136. The summed E-state index contributed by atoms with van der Waals surface area (Å²) in [5, 5.41) is 14.5. The average molecular weight is 340 g/mol. The molecule has 2 rings (SSSR count). The number of aliphatic hydroxyl groups is 1. The highest BCUT2D eigenvalue weighted by Gasteiger charge is 2.20. The first-order chi connectivity index (χ1) is 12.0. The van der Waals surface area contributed by atoms with Crippen LogP contribution in [0.5, 0.6) is 0 Å². The smallest absolute Gasteiger partial charge is 0.313 e. The molecule has 2 aromatic rings. The van der Waals surface area contributed by atoms with Gasteiger partial charge in [0.05, 0.1) is 6.04 Å². The number of hydrogen-bond donors (Lipinski definition) is 3. The minimum atomic E-state index is -0.725. The van der Waals surface area contributed by atoms with Gasteiger partial charge in [-0.2, -0.15) is 0 Å². The third-order valence-electron chi connectivity index (χ3n) is 3.94. The van der Waals surface area contributed by atoms with E-state index in [1.165, 1.54) is 0 Å². The predicted octanol–water partition coefficient (Wildman–Crippen LogP) is 2.99. The van der Waals surface area contributed by atoms with Crippen molar-refractivity contribution in [1.29, 1.82) is 0 Å². The molecule has 0 aliphatic heterocycles. The van der Waals surface area contributed by atoms with Crippen molar-refractivity contribution in [3.63, 3.8) is 0 Å². The minimum absolute atomic E-state index is 0.0854. The van der Waals surface area contributed by atoms with Crippen LogP contribution in [-0.4, -0.2) is 23.5 Å². The Morgan fingerprint density at radius 1 is 0.960 bits per heavy atom. The van der Waals surface area contributed by atoms with Crippen molar-refractivity contribution < 1.29 is 14.7 Å². The van der Waals surface area contributed by atoms with E-state index in [2.05, 4.69) is 24.5 Å². The van der Waals surface area contributed by atoms with Gasteiger partial charge in [0.1, 0.15) is 0 Å². The fourth-order valence-corrected chi connectivity index (χ4v) is 2.52. The summed E-state index contributed by atoms with van der Waals surface area (Å²) in [4.78, 5) is 24.4. The molecule has 0 aromatic heterocycles. The highest BCUT2D eigenvalue weighted by molar-refractivity contribution is 6.39. The van der Waals surface area contributed by atoms with Gasteiger partial charge in [0, 0.05) is 12.3 Å². The largest absolute Gasteiger partial charge is 0.396 e. The van der Waals surface area contributed by atoms with Crippen LogP contribution in [0.2, 0.25) is 0 Å². The van der Waals surface area contributed by atoms with Gasteiger partial charge in [-0.15, -0.1) is 0 Å². The highest BCUT2D eigenvalue weighted by Crippen LogP contribution is 2.19. The SMILES string of the molecule is CC(C)c1cccc(NC(=O)C(=O)NC(CCO)c2ccccc2)c1. The first-order valence-corrected chi connectivity index (χ1v) is 8.39. The lowest BCUT2D eigenvalue weighted by Gasteiger charge is -2.18. The molecule has 0 radical (unpaired) electrons. The van der Waals surface area contributed by atoms with Gasteiger partial charge in [-0.3, -0.25) is 9.59 Å². The van der Waals surface area contributed by atoms with E-state index in [4.69, 9.17) is 0 Å². The molecule has 5 heteroatoms. The quantitative estimate of drug-likeness (QED) is 0.707. The fourth-order valence-electron chi connectivity index (χ4n) is 2.52. The molecule has 0 bridgehead atoms. The lowest BCUT2D eigenvalue weighted by Crippen LogP contribution is -2.38. The Balaban J connectivity index is 2.03. The van der Waals surface area contributed by atoms with Crippen molar-refractivity contribution in [2.24, 2.45) is 0 Å². The summed E-state index contributed by atoms with van der Waals surface area (Å²) < 4.78 is 0. The maximum atomic E-state index is 12.2. The lowest BCUT2D eigenvalue weighted by atomic mass is 10.0. The molecule has 5 nitrogen and oxygen atoms in total. The molecule has 0 saturated heterocycles. The number of anilines is 1. The second-order valence-corrected chi connectivity index (χ2v) is 6.18. The van der Waals surface area contributed by atoms with Crippen molar-refractivity contribution in [3.8, 4) is 0 Å². The number of rotatable bonds is 6. The normalized spacial score (nSPS) is 11.8. The number of carbonyl (C=O) groups is 2. The minimum Gasteiger partial charge on any atom is -0.396 e. The van der Waals surface area contributed by atoms with E-state index in [1.54, 1.807) is 6.07 Å². The molecule has 0 fully saturated rings. The molecule has 2 aromatic carbocycles. The second-order valence-electron chi connectivity index (χ2n) is 6.18. The van der Waals surface area contributed by atoms with Crippen LogP contribution < -0.4 is 10.6 Å². The van der Waals surface area contributed by atoms with Gasteiger partial charge in [-0.1, -0.05) is 56.3 Å². The maximum absolute atomic E-state index is 12.2. The van der Waals surface area contributed by atoms with Gasteiger partial charge in [0.25, 0.3) is 0 Å². The molecular weight excluding hydrogens is 316 g/mol. The number of benzene rings is 2. The number of nitrogens with one attached hydrogen (secondary N) is 2. The third kappa shape index (κ3) is 5.43. The Hall–Kier alpha value is -2.66. The second kappa shape index (κ2) is 8.99. The van der Waals surface area contributed by atoms with Gasteiger partial charge >= 0.3 is 11.8 Å². The van der Waals surface area contributed by atoms with Gasteiger partial charge in [-0.25, -0.2) is 0 Å². The Kier molecular flexibility index (Phi) is 6.71. The van der Waals surface area contributed by atoms with Gasteiger partial charge in [0.2, 0.25) is 0 Å². The molecule has 1 unspecified atom stereocenters. The van der Waals surface area contributed by atoms with Crippen molar-refractivity contribution in [1.82, 2.24) is 5.32 Å². The van der Waals surface area contributed by atoms with Crippen LogP contribution in [0.4, 0.5) is 5.69 Å². The highest BCUT2D eigenvalue weighted by atomic mass is 16.3. The van der Waals surface area contributed by atoms with E-state index in [0.29, 0.717) is 18.0 Å². The van der Waals surface area contributed by atoms with Gasteiger partial charge < -0.3 is 15.7 Å². The first kappa shape index (κ1) is 18.7. The summed E-state index contributed by atoms with van der Waals surface area (Å²) in [6, 6.07) is 16.3. The summed E-state index contributed by atoms with van der Waals surface area (Å²) in [5.74, 6) is -1.12. The van der Waals surface area contributed by atoms with Crippen LogP contribution in [0.15, 0.2) is 54.6 Å². The van der Waals surface area contributed by atoms with E-state index in [-0.39, 0.29) is 6.61 Å². The van der Waals surface area contributed by atoms with E-state index >= 15 is 0 Å². The molecule has 25 heavy (non-hydrogen) atoms. The summed E-state index contributed by atoms with van der Waals surface area (Å²) in [5.41, 5.74) is 2.52. The first-order valence-electron chi connectivity index (χ1n) is 8.39. The van der Waals surface area contributed by atoms with E-state index in [0.717, 1.165) is 11.1 Å². The summed E-state index contributed by atoms with van der Waals surface area (Å²) in [6.45, 7) is 4.04. The van der Waals surface area contributed by atoms with Crippen LogP contribution in [0.3, 0.4) is 0 Å². The Bertz CT molecular complexity index is 714. The van der Waals surface area contributed by atoms with Crippen molar-refractivity contribution in [2.75, 3.05) is 11.9 Å². The molecule has 3 N–H and O–H groups in total. The summed E-state index contributed by atoms with van der Waals surface area (Å²) in [6.07, 6.45) is 0.339. The zero-order chi connectivity index (χ0) is 18.2. The van der Waals surface area contributed by atoms with Gasteiger partial charge in [0.15, 0.2) is 0 Å². The van der Waals surface area contributed by atoms with Crippen LogP contribution in [0.25, 0.3) is 0 Å². The Morgan fingerprint density at radius 2 is 1.64 bits per heavy atom. The topological polar surface area (TPSA) is 78.4 Å². The summed E-state index contributed by atoms with van der Waals surface area (Å²) >= 11 is 0. The number of amides is 2. The zero-order valence-corrected chi connectivity index (χ0v) is 14.5. The number of carbonyl (C=O) groups excluding carboxylic acids is 2. The molecule has 0 aliphatic rings. The maximum Gasteiger partial charge on any atom is 0.313 e. The third-order valence-corrected chi connectivity index (χ3v) is 3.94. The van der Waals surface area contributed by atoms with Gasteiger partial charge in [-0.05, 0) is 35.6 Å². The molecule has 1 atom stereocenters. The predicted molar refractivity (Wildman–Crippen MR) is 98.2 cm³/mol. The van der Waals surface area contributed by atoms with Crippen LogP contribution in [0.1, 0.15) is 43.4 Å². The fraction of sp³-hybridized carbons (Fsp3) is 0.300. The van der Waals surface area contributed by atoms with Crippen molar-refractivity contribution in [3.05, 3.63) is 65.7 Å². The van der Waals surface area contributed by atoms with Crippen molar-refractivity contribution in [2.45, 2.75) is 32.2 Å². The zero-order valence-electron chi connectivity index (χ0n) is 14.5. The number of hydrogen-bond acceptors (Lipinski definition) is 3. The molecular formula is C20H24N2O3. The van der Waals surface area contributed by atoms with Crippen LogP contribution >= 0.6 is 0 Å². The van der Waals surface area contributed by atoms with E-state index in [9.17, 15) is 14.7 Å². The number of aliphatic hydroxyl groups excluding tert-OH is 1. The Labute approximate surface area is 148 Å². The van der Waals surface area contributed by atoms with E-state index < -0.39 is 17.9 Å². The molecule has 0 saturated carbocycles. The molecule has 0 heterocycles. The molecule has 0 spiro atoms. The van der Waals surface area contributed by atoms with Crippen LogP contribution in [-0.2, 0) is 9.59 Å². The molecule has 132 valence electrons. The summed E-state index contributed by atoms with van der Waals surface area (Å²) in [7, 11) is 0. The van der Waals surface area contributed by atoms with Crippen LogP contribution in [0, 0.1) is 0 Å². The average Bonchev–Trinajstić information content (AvgIpc) is 2.62. The molecule has 0 aliphatic carbocycles. The van der Waals surface area contributed by atoms with E-state index in [1.807, 2.05) is 48.5 Å². The standard InChI is InChI=1S/C20H24N2O3/c1-14(2)16-9-6-10-17(13-16)21-19(24)20(25)22-18(11-12-23)15-7-4-3-5-8-15/h3-10,13-14,18,23H,11-12H2,1-2H3,(H,21,24)(H,22,25). The monoisotopic (exact) mass is 340 g/mol.